The van der Waals surface area contributed by atoms with Gasteiger partial charge in [-0.25, -0.2) is 4.79 Å². The monoisotopic (exact) mass is 357 g/mol. The van der Waals surface area contributed by atoms with Crippen molar-refractivity contribution in [1.82, 2.24) is 4.40 Å². The Morgan fingerprint density at radius 3 is 2.38 bits per heavy atom. The van der Waals surface area contributed by atoms with Gasteiger partial charge in [0.15, 0.2) is 0 Å². The molecule has 0 unspecified atom stereocenters. The molecule has 6 nitrogen and oxygen atoms in total. The van der Waals surface area contributed by atoms with E-state index in [1.807, 2.05) is 40.7 Å². The van der Waals surface area contributed by atoms with Crippen molar-refractivity contribution in [2.75, 3.05) is 6.61 Å². The molecule has 1 aliphatic heterocycles. The highest BCUT2D eigenvalue weighted by Crippen LogP contribution is 2.36. The van der Waals surface area contributed by atoms with Crippen LogP contribution >= 0.6 is 0 Å². The fourth-order valence-electron chi connectivity index (χ4n) is 2.99. The Hall–Kier alpha value is -2.12. The number of ether oxygens (including phenoxy) is 1. The van der Waals surface area contributed by atoms with E-state index in [1.54, 1.807) is 19.2 Å². The predicted octanol–water partition coefficient (Wildman–Crippen LogP) is 2.08. The lowest BCUT2D eigenvalue weighted by Crippen LogP contribution is -2.41. The van der Waals surface area contributed by atoms with Crippen LogP contribution < -0.4 is 11.0 Å². The number of hydrogen-bond donors (Lipinski definition) is 0. The van der Waals surface area contributed by atoms with E-state index in [0.717, 1.165) is 16.5 Å². The topological polar surface area (TPSA) is 66.2 Å². The predicted molar refractivity (Wildman–Crippen MR) is 100 cm³/mol. The molecule has 0 aliphatic carbocycles. The first-order chi connectivity index (χ1) is 12.1. The summed E-state index contributed by atoms with van der Waals surface area (Å²) in [6.45, 7) is 11.7. The van der Waals surface area contributed by atoms with Crippen LogP contribution in [0.1, 0.15) is 50.5 Å². The van der Waals surface area contributed by atoms with E-state index in [4.69, 9.17) is 14.0 Å². The van der Waals surface area contributed by atoms with Crippen LogP contribution in [0.2, 0.25) is 0 Å². The third kappa shape index (κ3) is 2.95. The molecule has 7 heteroatoms. The summed E-state index contributed by atoms with van der Waals surface area (Å²) >= 11 is 0. The second kappa shape index (κ2) is 6.25. The van der Waals surface area contributed by atoms with Gasteiger partial charge in [-0.15, -0.1) is 0 Å². The molecule has 2 aromatic heterocycles. The summed E-state index contributed by atoms with van der Waals surface area (Å²) in [4.78, 5) is 24.8. The smallest absolute Gasteiger partial charge is 0.462 e. The Morgan fingerprint density at radius 1 is 1.19 bits per heavy atom. The Balaban J connectivity index is 2.11. The molecule has 1 fully saturated rings. The second-order valence-electron chi connectivity index (χ2n) is 7.57. The van der Waals surface area contributed by atoms with Crippen LogP contribution in [0.4, 0.5) is 0 Å². The van der Waals surface area contributed by atoms with Crippen molar-refractivity contribution < 1.29 is 18.8 Å². The molecule has 0 saturated carbocycles. The number of aromatic nitrogens is 1. The van der Waals surface area contributed by atoms with Gasteiger partial charge >= 0.3 is 13.1 Å². The van der Waals surface area contributed by atoms with Crippen LogP contribution in [0.15, 0.2) is 29.2 Å². The molecule has 138 valence electrons. The highest BCUT2D eigenvalue weighted by Gasteiger charge is 2.51. The zero-order valence-corrected chi connectivity index (χ0v) is 16.1. The van der Waals surface area contributed by atoms with E-state index in [2.05, 4.69) is 0 Å². The van der Waals surface area contributed by atoms with E-state index in [-0.39, 0.29) is 12.2 Å². The molecule has 1 saturated heterocycles. The minimum Gasteiger partial charge on any atom is -0.462 e. The van der Waals surface area contributed by atoms with Gasteiger partial charge in [0.25, 0.3) is 5.56 Å². The summed E-state index contributed by atoms with van der Waals surface area (Å²) in [5, 5.41) is 0. The van der Waals surface area contributed by atoms with Crippen molar-refractivity contribution in [3.05, 3.63) is 45.9 Å². The number of hydrogen-bond acceptors (Lipinski definition) is 5. The first-order valence-corrected chi connectivity index (χ1v) is 8.76. The first kappa shape index (κ1) is 18.7. The lowest BCUT2D eigenvalue weighted by molar-refractivity contribution is 0.00578. The third-order valence-electron chi connectivity index (χ3n) is 5.20. The molecule has 0 N–H and O–H groups in total. The highest BCUT2D eigenvalue weighted by molar-refractivity contribution is 6.62. The fraction of sp³-hybridized carbons (Fsp3) is 0.474. The standard InChI is InChI=1S/C19H24BNO5/c1-7-24-17(23)14-8-9-15-12(2)10-13(11-21(15)16(14)22)20-25-18(3,4)19(5,6)26-20/h8-11H,7H2,1-6H3. The molecule has 0 bridgehead atoms. The van der Waals surface area contributed by atoms with Gasteiger partial charge in [0, 0.05) is 6.20 Å². The number of pyridine rings is 2. The zero-order chi connectivity index (χ0) is 19.3. The summed E-state index contributed by atoms with van der Waals surface area (Å²) in [5.74, 6) is -0.620. The van der Waals surface area contributed by atoms with Gasteiger partial charge in [-0.3, -0.25) is 9.20 Å². The second-order valence-corrected chi connectivity index (χ2v) is 7.57. The zero-order valence-electron chi connectivity index (χ0n) is 16.1. The number of rotatable bonds is 3. The molecule has 26 heavy (non-hydrogen) atoms. The fourth-order valence-corrected chi connectivity index (χ4v) is 2.99. The molecule has 0 atom stereocenters. The quantitative estimate of drug-likeness (QED) is 0.622. The largest absolute Gasteiger partial charge is 0.496 e. The molecule has 0 spiro atoms. The number of fused-ring (bicyclic) bond motifs is 1. The van der Waals surface area contributed by atoms with Gasteiger partial charge in [0.2, 0.25) is 0 Å². The van der Waals surface area contributed by atoms with Gasteiger partial charge in [-0.05, 0) is 64.7 Å². The van der Waals surface area contributed by atoms with Crippen LogP contribution in [0.3, 0.4) is 0 Å². The maximum absolute atomic E-state index is 12.8. The summed E-state index contributed by atoms with van der Waals surface area (Å²) in [7, 11) is -0.582. The minimum absolute atomic E-state index is 0.00909. The molecule has 1 aliphatic rings. The number of carbonyl (C=O) groups is 1. The van der Waals surface area contributed by atoms with Gasteiger partial charge in [-0.1, -0.05) is 6.07 Å². The highest BCUT2D eigenvalue weighted by atomic mass is 16.7. The maximum Gasteiger partial charge on any atom is 0.496 e. The van der Waals surface area contributed by atoms with Crippen LogP contribution in [-0.2, 0) is 14.0 Å². The van der Waals surface area contributed by atoms with Crippen LogP contribution in [0.25, 0.3) is 5.52 Å². The molecule has 2 aromatic rings. The van der Waals surface area contributed by atoms with Gasteiger partial charge < -0.3 is 14.0 Å². The minimum atomic E-state index is -0.620. The van der Waals surface area contributed by atoms with E-state index >= 15 is 0 Å². The Bertz CT molecular complexity index is 915. The normalized spacial score (nSPS) is 18.3. The van der Waals surface area contributed by atoms with Crippen molar-refractivity contribution in [1.29, 1.82) is 0 Å². The lowest BCUT2D eigenvalue weighted by atomic mass is 9.79. The van der Waals surface area contributed by atoms with E-state index in [1.165, 1.54) is 10.5 Å². The number of nitrogens with zero attached hydrogens (tertiary/aromatic N) is 1. The number of esters is 1. The van der Waals surface area contributed by atoms with Crippen LogP contribution in [0, 0.1) is 6.92 Å². The summed E-state index contributed by atoms with van der Waals surface area (Å²) in [6, 6.07) is 5.20. The molecular formula is C19H24BNO5. The average molecular weight is 357 g/mol. The molecule has 3 rings (SSSR count). The molecule has 0 aromatic carbocycles. The van der Waals surface area contributed by atoms with Crippen LogP contribution in [-0.4, -0.2) is 35.3 Å². The maximum atomic E-state index is 12.8. The van der Waals surface area contributed by atoms with Crippen molar-refractivity contribution in [2.24, 2.45) is 0 Å². The van der Waals surface area contributed by atoms with Crippen molar-refractivity contribution in [3.8, 4) is 0 Å². The van der Waals surface area contributed by atoms with E-state index in [0.29, 0.717) is 0 Å². The SMILES string of the molecule is CCOC(=O)c1ccc2c(C)cc(B3OC(C)(C)C(C)(C)O3)cn2c1=O. The third-order valence-corrected chi connectivity index (χ3v) is 5.20. The van der Waals surface area contributed by atoms with Gasteiger partial charge in [0.05, 0.1) is 23.3 Å². The number of carbonyl (C=O) groups excluding carboxylic acids is 1. The average Bonchev–Trinajstić information content (AvgIpc) is 2.76. The summed E-state index contributed by atoms with van der Waals surface area (Å²) in [5.41, 5.74) is 0.998. The van der Waals surface area contributed by atoms with Crippen molar-refractivity contribution >= 4 is 24.1 Å². The Kier molecular flexibility index (Phi) is 4.49. The van der Waals surface area contributed by atoms with Crippen LogP contribution in [0.5, 0.6) is 0 Å². The van der Waals surface area contributed by atoms with Gasteiger partial charge in [-0.2, -0.15) is 0 Å². The first-order valence-electron chi connectivity index (χ1n) is 8.76. The van der Waals surface area contributed by atoms with Crippen molar-refractivity contribution in [3.63, 3.8) is 0 Å². The Labute approximate surface area is 153 Å². The molecule has 0 radical (unpaired) electrons. The molecule has 0 amide bonds. The Morgan fingerprint density at radius 2 is 1.81 bits per heavy atom. The number of aryl methyl sites for hydroxylation is 1. The molecular weight excluding hydrogens is 333 g/mol. The van der Waals surface area contributed by atoms with E-state index < -0.39 is 29.8 Å². The molecule has 3 heterocycles. The van der Waals surface area contributed by atoms with Gasteiger partial charge in [0.1, 0.15) is 5.56 Å². The van der Waals surface area contributed by atoms with E-state index in [9.17, 15) is 9.59 Å². The summed E-state index contributed by atoms with van der Waals surface area (Å²) < 4.78 is 18.6. The summed E-state index contributed by atoms with van der Waals surface area (Å²) in [6.07, 6.45) is 1.68. The van der Waals surface area contributed by atoms with Crippen molar-refractivity contribution in [2.45, 2.75) is 52.7 Å². The lowest BCUT2D eigenvalue weighted by Gasteiger charge is -2.32.